The van der Waals surface area contributed by atoms with Crippen molar-refractivity contribution in [3.8, 4) is 0 Å². The van der Waals surface area contributed by atoms with Crippen LogP contribution in [0.15, 0.2) is 164 Å². The van der Waals surface area contributed by atoms with Crippen molar-refractivity contribution in [2.75, 3.05) is 20.3 Å². The molecule has 0 unspecified atom stereocenters. The maximum Gasteiger partial charge on any atom is 0.432 e. The van der Waals surface area contributed by atoms with Crippen LogP contribution in [0.2, 0.25) is 10.1 Å². The number of carbonyl (C=O) groups is 2. The Morgan fingerprint density at radius 2 is 1.02 bits per heavy atom. The van der Waals surface area contributed by atoms with Gasteiger partial charge in [0.25, 0.3) is 13.9 Å². The van der Waals surface area contributed by atoms with Crippen LogP contribution in [0.3, 0.4) is 0 Å². The Morgan fingerprint density at radius 1 is 0.609 bits per heavy atom. The molecule has 8 nitrogen and oxygen atoms in total. The largest absolute Gasteiger partial charge is 0.457 e. The van der Waals surface area contributed by atoms with E-state index in [2.05, 4.69) is 20.8 Å². The van der Waals surface area contributed by atoms with E-state index in [0.717, 1.165) is 40.0 Å². The zero-order valence-corrected chi connectivity index (χ0v) is 39.5. The van der Waals surface area contributed by atoms with Crippen molar-refractivity contribution in [3.05, 3.63) is 181 Å². The van der Waals surface area contributed by atoms with Crippen LogP contribution in [-0.4, -0.2) is 65.9 Å². The number of ether oxygens (including phenoxy) is 3. The van der Waals surface area contributed by atoms with Crippen molar-refractivity contribution in [2.45, 2.75) is 76.4 Å². The summed E-state index contributed by atoms with van der Waals surface area (Å²) in [5, 5.41) is 2.69. The second kappa shape index (κ2) is 19.2. The Kier molecular flexibility index (Phi) is 14.3. The lowest BCUT2D eigenvalue weighted by Gasteiger charge is -2.43. The maximum absolute atomic E-state index is 15.2. The van der Waals surface area contributed by atoms with Gasteiger partial charge in [-0.25, -0.2) is 9.59 Å². The van der Waals surface area contributed by atoms with E-state index in [-0.39, 0.29) is 5.69 Å². The molecule has 0 aliphatic carbocycles. The summed E-state index contributed by atoms with van der Waals surface area (Å²) in [7, 11) is -5.82. The smallest absolute Gasteiger partial charge is 0.432 e. The first-order valence-electron chi connectivity index (χ1n) is 21.1. The van der Waals surface area contributed by atoms with Crippen LogP contribution < -0.4 is 25.3 Å². The number of halogens is 3. The number of alkyl halides is 3. The fraction of sp³-hybridized carbons (Fsp3) is 0.294. The molecule has 0 N–H and O–H groups in total. The fourth-order valence-electron chi connectivity index (χ4n) is 8.52. The van der Waals surface area contributed by atoms with E-state index in [1.807, 2.05) is 149 Å². The molecule has 0 amide bonds. The molecule has 0 saturated heterocycles. The minimum absolute atomic E-state index is 0.0364. The molecule has 64 heavy (non-hydrogen) atoms. The first-order valence-corrected chi connectivity index (χ1v) is 24.9. The zero-order valence-electron chi connectivity index (χ0n) is 37.5. The maximum atomic E-state index is 15.2. The Labute approximate surface area is 376 Å². The molecule has 13 heteroatoms. The number of methoxy groups -OCH3 is 1. The minimum atomic E-state index is -5.25. The van der Waals surface area contributed by atoms with Crippen LogP contribution in [0, 0.1) is 6.92 Å². The molecule has 2 atom stereocenters. The number of benzene rings is 5. The molecule has 5 aromatic carbocycles. The van der Waals surface area contributed by atoms with E-state index < -0.39 is 75.3 Å². The van der Waals surface area contributed by atoms with Gasteiger partial charge in [0, 0.05) is 23.9 Å². The van der Waals surface area contributed by atoms with Crippen LogP contribution in [0.25, 0.3) is 0 Å². The zero-order chi connectivity index (χ0) is 46.4. The number of aromatic nitrogens is 1. The molecule has 6 rings (SSSR count). The van der Waals surface area contributed by atoms with Crippen LogP contribution in [0.5, 0.6) is 0 Å². The number of rotatable bonds is 16. The summed E-state index contributed by atoms with van der Waals surface area (Å²) in [6.45, 7) is 13.1. The van der Waals surface area contributed by atoms with Gasteiger partial charge in [0.05, 0.1) is 6.61 Å². The number of esters is 2. The number of aryl methyl sites for hydroxylation is 1. The summed E-state index contributed by atoms with van der Waals surface area (Å²) in [6.07, 6.45) is -5.09. The molecular weight excluding hydrogens is 852 g/mol. The van der Waals surface area contributed by atoms with Crippen molar-refractivity contribution in [3.63, 3.8) is 0 Å². The molecule has 1 heterocycles. The molecule has 6 aromatic rings. The van der Waals surface area contributed by atoms with Gasteiger partial charge in [0.2, 0.25) is 0 Å². The van der Waals surface area contributed by atoms with Gasteiger partial charge in [-0.15, -0.1) is 0 Å². The van der Waals surface area contributed by atoms with Crippen molar-refractivity contribution < 1.29 is 45.9 Å². The third-order valence-electron chi connectivity index (χ3n) is 11.5. The van der Waals surface area contributed by atoms with Crippen LogP contribution >= 0.6 is 0 Å². The lowest BCUT2D eigenvalue weighted by atomic mass is 9.92. The summed E-state index contributed by atoms with van der Waals surface area (Å²) in [4.78, 5) is 28.7. The van der Waals surface area contributed by atoms with E-state index in [1.165, 1.54) is 22.9 Å². The van der Waals surface area contributed by atoms with Crippen molar-refractivity contribution in [2.24, 2.45) is 0 Å². The monoisotopic (exact) mass is 907 g/mol. The first kappa shape index (κ1) is 47.7. The lowest BCUT2D eigenvalue weighted by Crippen LogP contribution is -2.71. The van der Waals surface area contributed by atoms with Gasteiger partial charge < -0.3 is 23.2 Å². The van der Waals surface area contributed by atoms with Gasteiger partial charge in [0.1, 0.15) is 6.61 Å². The third-order valence-corrected chi connectivity index (χ3v) is 21.4. The normalized spacial score (nSPS) is 14.0. The molecule has 0 spiro atoms. The molecule has 0 bridgehead atoms. The van der Waals surface area contributed by atoms with E-state index >= 15 is 13.2 Å². The molecule has 0 radical (unpaired) electrons. The standard InChI is InChI=1S/C51H56F3NO7Si2/c1-38-34-45(55(35-38)62-64(49(5,6)7,43-30-20-12-21-31-43)44-32-22-13-23-33-44)46(56)59-36-40(61-47(57)50(58-8,51(52,53)54)39-24-14-9-15-25-39)37-60-63(48(2,3)4,41-26-16-10-17-27-41)42-28-18-11-19-29-42/h9-35,40H,36-37H2,1-8H3/t40-,50-/m1/s1. The molecule has 0 aliphatic rings. The Hall–Kier alpha value is -5.74. The minimum Gasteiger partial charge on any atom is -0.457 e. The summed E-state index contributed by atoms with van der Waals surface area (Å²) < 4.78 is 78.3. The lowest BCUT2D eigenvalue weighted by molar-refractivity contribution is -0.279. The molecule has 0 saturated carbocycles. The average Bonchev–Trinajstić information content (AvgIpc) is 3.65. The van der Waals surface area contributed by atoms with E-state index in [9.17, 15) is 9.59 Å². The van der Waals surface area contributed by atoms with Crippen molar-refractivity contribution >= 4 is 49.3 Å². The van der Waals surface area contributed by atoms with Gasteiger partial charge in [-0.1, -0.05) is 193 Å². The Morgan fingerprint density at radius 3 is 1.41 bits per heavy atom. The van der Waals surface area contributed by atoms with Gasteiger partial charge in [0.15, 0.2) is 11.8 Å². The number of nitrogens with zero attached hydrogens (tertiary/aromatic N) is 1. The van der Waals surface area contributed by atoms with E-state index in [0.29, 0.717) is 5.56 Å². The predicted octanol–water partition coefficient (Wildman–Crippen LogP) is 8.53. The number of hydrogen-bond donors (Lipinski definition) is 0. The summed E-state index contributed by atoms with van der Waals surface area (Å²) >= 11 is 0. The molecule has 0 aliphatic heterocycles. The highest BCUT2D eigenvalue weighted by Gasteiger charge is 2.64. The van der Waals surface area contributed by atoms with E-state index in [1.54, 1.807) is 12.3 Å². The average molecular weight is 908 g/mol. The topological polar surface area (TPSA) is 85.2 Å². The second-order valence-corrected chi connectivity index (χ2v) is 26.3. The summed E-state index contributed by atoms with van der Waals surface area (Å²) in [5.74, 6) is -2.59. The summed E-state index contributed by atoms with van der Waals surface area (Å²) in [6, 6.07) is 47.2. The van der Waals surface area contributed by atoms with Crippen LogP contribution in [0.4, 0.5) is 13.2 Å². The quantitative estimate of drug-likeness (QED) is 0.0712. The molecule has 336 valence electrons. The Balaban J connectivity index is 1.41. The molecule has 1 aromatic heterocycles. The highest BCUT2D eigenvalue weighted by atomic mass is 28.4. The summed E-state index contributed by atoms with van der Waals surface area (Å²) in [5.41, 5.74) is -3.26. The predicted molar refractivity (Wildman–Crippen MR) is 248 cm³/mol. The number of hydrogen-bond acceptors (Lipinski definition) is 7. The third kappa shape index (κ3) is 9.25. The fourth-order valence-corrected chi connectivity index (χ4v) is 17.4. The molecule has 0 fully saturated rings. The van der Waals surface area contributed by atoms with Crippen LogP contribution in [0.1, 0.15) is 63.2 Å². The van der Waals surface area contributed by atoms with Crippen molar-refractivity contribution in [1.29, 1.82) is 0 Å². The molecular formula is C51H56F3NO7Si2. The van der Waals surface area contributed by atoms with E-state index in [4.69, 9.17) is 23.2 Å². The second-order valence-electron chi connectivity index (χ2n) is 17.8. The van der Waals surface area contributed by atoms with Gasteiger partial charge in [-0.2, -0.15) is 17.9 Å². The highest BCUT2D eigenvalue weighted by molar-refractivity contribution is 7.00. The van der Waals surface area contributed by atoms with Gasteiger partial charge >= 0.3 is 26.4 Å². The SMILES string of the molecule is CO[C@@](C(=O)O[C@H](COC(=O)c1cc(C)cn1O[Si](c1ccccc1)(c1ccccc1)C(C)(C)C)CO[Si](c1ccccc1)(c1ccccc1)C(C)(C)C)(c1ccccc1)C(F)(F)F. The number of carbonyl (C=O) groups excluding carboxylic acids is 2. The van der Waals surface area contributed by atoms with Gasteiger partial charge in [-0.3, -0.25) is 0 Å². The highest BCUT2D eigenvalue weighted by Crippen LogP contribution is 2.44. The van der Waals surface area contributed by atoms with Crippen LogP contribution in [-0.2, 0) is 29.0 Å². The van der Waals surface area contributed by atoms with Crippen molar-refractivity contribution in [1.82, 2.24) is 4.73 Å². The Bertz CT molecular complexity index is 2380. The van der Waals surface area contributed by atoms with Gasteiger partial charge in [-0.05, 0) is 44.3 Å². The first-order chi connectivity index (χ1) is 30.3.